The van der Waals surface area contributed by atoms with Crippen molar-refractivity contribution in [2.75, 3.05) is 17.9 Å². The van der Waals surface area contributed by atoms with Gasteiger partial charge in [0, 0.05) is 23.1 Å². The van der Waals surface area contributed by atoms with Crippen molar-refractivity contribution >= 4 is 66.7 Å². The van der Waals surface area contributed by atoms with E-state index in [1.54, 1.807) is 25.1 Å². The quantitative estimate of drug-likeness (QED) is 0.364. The fourth-order valence-corrected chi connectivity index (χ4v) is 6.00. The standard InChI is InChI=1S/C25H24BrCl2N3O4S/c1-17(25(33)29-2)30(15-18-7-6-8-19(26)13-18)24(32)16-31(23-12-11-20(27)14-22(23)28)36(34,35)21-9-4-3-5-10-21/h3-14,17H,15-16H2,1-2H3,(H,29,33). The van der Waals surface area contributed by atoms with Crippen LogP contribution in [0.5, 0.6) is 0 Å². The maximum atomic E-state index is 13.7. The lowest BCUT2D eigenvalue weighted by Crippen LogP contribution is -2.50. The molecule has 3 aromatic rings. The lowest BCUT2D eigenvalue weighted by atomic mass is 10.1. The van der Waals surface area contributed by atoms with Crippen LogP contribution in [0.2, 0.25) is 10.0 Å². The van der Waals surface area contributed by atoms with E-state index in [9.17, 15) is 18.0 Å². The van der Waals surface area contributed by atoms with Crippen molar-refractivity contribution in [2.45, 2.75) is 24.4 Å². The molecule has 36 heavy (non-hydrogen) atoms. The van der Waals surface area contributed by atoms with Gasteiger partial charge in [-0.1, -0.05) is 69.5 Å². The van der Waals surface area contributed by atoms with Crippen LogP contribution in [0.15, 0.2) is 82.2 Å². The van der Waals surface area contributed by atoms with Gasteiger partial charge in [-0.25, -0.2) is 8.42 Å². The highest BCUT2D eigenvalue weighted by molar-refractivity contribution is 9.10. The van der Waals surface area contributed by atoms with E-state index in [4.69, 9.17) is 23.2 Å². The molecule has 11 heteroatoms. The molecule has 0 heterocycles. The first-order valence-corrected chi connectivity index (χ1v) is 13.8. The van der Waals surface area contributed by atoms with Gasteiger partial charge >= 0.3 is 0 Å². The molecule has 2 amide bonds. The fraction of sp³-hybridized carbons (Fsp3) is 0.200. The van der Waals surface area contributed by atoms with Gasteiger partial charge in [0.05, 0.1) is 15.6 Å². The number of anilines is 1. The number of amides is 2. The summed E-state index contributed by atoms with van der Waals surface area (Å²) < 4.78 is 29.1. The van der Waals surface area contributed by atoms with Gasteiger partial charge in [0.25, 0.3) is 10.0 Å². The van der Waals surface area contributed by atoms with Crippen LogP contribution < -0.4 is 9.62 Å². The van der Waals surface area contributed by atoms with Gasteiger partial charge in [-0.3, -0.25) is 13.9 Å². The molecule has 0 bridgehead atoms. The molecule has 3 aromatic carbocycles. The van der Waals surface area contributed by atoms with Crippen molar-refractivity contribution in [3.05, 3.63) is 92.9 Å². The van der Waals surface area contributed by atoms with Crippen LogP contribution in [-0.4, -0.2) is 44.8 Å². The van der Waals surface area contributed by atoms with Crippen molar-refractivity contribution < 1.29 is 18.0 Å². The molecule has 0 saturated heterocycles. The van der Waals surface area contributed by atoms with Gasteiger partial charge in [-0.05, 0) is 55.0 Å². The van der Waals surface area contributed by atoms with E-state index in [0.717, 1.165) is 14.3 Å². The second-order valence-corrected chi connectivity index (χ2v) is 11.5. The Labute approximate surface area is 229 Å². The summed E-state index contributed by atoms with van der Waals surface area (Å²) in [7, 11) is -2.73. The van der Waals surface area contributed by atoms with Crippen LogP contribution in [0.3, 0.4) is 0 Å². The summed E-state index contributed by atoms with van der Waals surface area (Å²) in [4.78, 5) is 27.5. The van der Waals surface area contributed by atoms with Crippen LogP contribution in [0, 0.1) is 0 Å². The Morgan fingerprint density at radius 1 is 1.00 bits per heavy atom. The van der Waals surface area contributed by atoms with Gasteiger partial charge in [-0.15, -0.1) is 0 Å². The molecular formula is C25H24BrCl2N3O4S. The van der Waals surface area contributed by atoms with E-state index in [1.807, 2.05) is 24.3 Å². The highest BCUT2D eigenvalue weighted by atomic mass is 79.9. The fourth-order valence-electron chi connectivity index (χ4n) is 3.54. The average molecular weight is 613 g/mol. The number of carbonyl (C=O) groups is 2. The summed E-state index contributed by atoms with van der Waals surface area (Å²) in [6.07, 6.45) is 0. The summed E-state index contributed by atoms with van der Waals surface area (Å²) in [6.45, 7) is 1.08. The van der Waals surface area contributed by atoms with Crippen LogP contribution in [0.1, 0.15) is 12.5 Å². The number of benzene rings is 3. The Hall–Kier alpha value is -2.59. The lowest BCUT2D eigenvalue weighted by Gasteiger charge is -2.32. The minimum absolute atomic E-state index is 0.0123. The smallest absolute Gasteiger partial charge is 0.264 e. The Morgan fingerprint density at radius 2 is 1.69 bits per heavy atom. The molecule has 0 aliphatic rings. The number of nitrogens with one attached hydrogen (secondary N) is 1. The zero-order chi connectivity index (χ0) is 26.5. The second kappa shape index (κ2) is 12.1. The highest BCUT2D eigenvalue weighted by Gasteiger charge is 2.33. The SMILES string of the molecule is CNC(=O)C(C)N(Cc1cccc(Br)c1)C(=O)CN(c1ccc(Cl)cc1Cl)S(=O)(=O)c1ccccc1. The van der Waals surface area contributed by atoms with Crippen LogP contribution in [-0.2, 0) is 26.2 Å². The van der Waals surface area contributed by atoms with Crippen molar-refractivity contribution in [3.63, 3.8) is 0 Å². The van der Waals surface area contributed by atoms with Crippen LogP contribution in [0.4, 0.5) is 5.69 Å². The summed E-state index contributed by atoms with van der Waals surface area (Å²) in [5, 5.41) is 2.92. The first-order valence-electron chi connectivity index (χ1n) is 10.8. The van der Waals surface area contributed by atoms with Crippen molar-refractivity contribution in [2.24, 2.45) is 0 Å². The molecule has 1 atom stereocenters. The lowest BCUT2D eigenvalue weighted by molar-refractivity contribution is -0.139. The molecule has 0 aromatic heterocycles. The molecule has 0 radical (unpaired) electrons. The number of hydrogen-bond donors (Lipinski definition) is 1. The van der Waals surface area contributed by atoms with E-state index >= 15 is 0 Å². The van der Waals surface area contributed by atoms with Crippen LogP contribution >= 0.6 is 39.1 Å². The summed E-state index contributed by atoms with van der Waals surface area (Å²) in [6, 6.07) is 18.5. The van der Waals surface area contributed by atoms with Crippen molar-refractivity contribution in [3.8, 4) is 0 Å². The van der Waals surface area contributed by atoms with E-state index in [2.05, 4.69) is 21.2 Å². The summed E-state index contributed by atoms with van der Waals surface area (Å²) in [5.74, 6) is -0.975. The summed E-state index contributed by atoms with van der Waals surface area (Å²) >= 11 is 15.8. The highest BCUT2D eigenvalue weighted by Crippen LogP contribution is 2.33. The number of sulfonamides is 1. The minimum atomic E-state index is -4.20. The number of halogens is 3. The van der Waals surface area contributed by atoms with Gasteiger partial charge < -0.3 is 10.2 Å². The van der Waals surface area contributed by atoms with Crippen molar-refractivity contribution in [1.82, 2.24) is 10.2 Å². The van der Waals surface area contributed by atoms with E-state index < -0.39 is 28.5 Å². The monoisotopic (exact) mass is 611 g/mol. The first kappa shape index (κ1) is 28.0. The molecule has 0 saturated carbocycles. The Bertz CT molecular complexity index is 1360. The molecule has 3 rings (SSSR count). The minimum Gasteiger partial charge on any atom is -0.357 e. The largest absolute Gasteiger partial charge is 0.357 e. The predicted molar refractivity (Wildman–Crippen MR) is 146 cm³/mol. The number of hydrogen-bond acceptors (Lipinski definition) is 4. The third kappa shape index (κ3) is 6.59. The maximum Gasteiger partial charge on any atom is 0.264 e. The number of carbonyl (C=O) groups excluding carboxylic acids is 2. The normalized spacial score (nSPS) is 12.0. The third-order valence-corrected chi connectivity index (χ3v) is 8.25. The Morgan fingerprint density at radius 3 is 2.31 bits per heavy atom. The molecule has 7 nitrogen and oxygen atoms in total. The van der Waals surface area contributed by atoms with Crippen LogP contribution in [0.25, 0.3) is 0 Å². The number of likely N-dealkylation sites (N-methyl/N-ethyl adjacent to an activating group) is 1. The zero-order valence-electron chi connectivity index (χ0n) is 19.5. The maximum absolute atomic E-state index is 13.7. The van der Waals surface area contributed by atoms with E-state index in [0.29, 0.717) is 5.02 Å². The molecule has 0 aliphatic carbocycles. The topological polar surface area (TPSA) is 86.8 Å². The predicted octanol–water partition coefficient (Wildman–Crippen LogP) is 5.11. The average Bonchev–Trinajstić information content (AvgIpc) is 2.85. The Kier molecular flexibility index (Phi) is 9.41. The molecule has 1 unspecified atom stereocenters. The third-order valence-electron chi connectivity index (χ3n) is 5.44. The summed E-state index contributed by atoms with van der Waals surface area (Å²) in [5.41, 5.74) is 0.851. The molecule has 0 aliphatic heterocycles. The second-order valence-electron chi connectivity index (χ2n) is 7.86. The number of rotatable bonds is 9. The first-order chi connectivity index (χ1) is 17.0. The van der Waals surface area contributed by atoms with Gasteiger partial charge in [0.15, 0.2) is 0 Å². The molecular weight excluding hydrogens is 589 g/mol. The Balaban J connectivity index is 2.06. The zero-order valence-corrected chi connectivity index (χ0v) is 23.4. The molecule has 0 fully saturated rings. The van der Waals surface area contributed by atoms with Gasteiger partial charge in [0.1, 0.15) is 12.6 Å². The van der Waals surface area contributed by atoms with Gasteiger partial charge in [0.2, 0.25) is 11.8 Å². The molecule has 190 valence electrons. The molecule has 1 N–H and O–H groups in total. The molecule has 0 spiro atoms. The van der Waals surface area contributed by atoms with E-state index in [-0.39, 0.29) is 28.1 Å². The van der Waals surface area contributed by atoms with Gasteiger partial charge in [-0.2, -0.15) is 0 Å². The van der Waals surface area contributed by atoms with Crippen molar-refractivity contribution in [1.29, 1.82) is 0 Å². The van der Waals surface area contributed by atoms with E-state index in [1.165, 1.54) is 42.3 Å². The number of nitrogens with zero attached hydrogens (tertiary/aromatic N) is 2.